The van der Waals surface area contributed by atoms with Crippen molar-refractivity contribution in [2.75, 3.05) is 13.7 Å². The number of rotatable bonds is 7. The van der Waals surface area contributed by atoms with E-state index in [0.29, 0.717) is 13.0 Å². The van der Waals surface area contributed by atoms with Crippen molar-refractivity contribution in [1.82, 2.24) is 9.78 Å². The molecule has 4 nitrogen and oxygen atoms in total. The molecule has 0 aliphatic heterocycles. The predicted octanol–water partition coefficient (Wildman–Crippen LogP) is 4.18. The number of halogens is 1. The topological polar surface area (TPSA) is 44.1 Å². The predicted molar refractivity (Wildman–Crippen MR) is 94.5 cm³/mol. The Labute approximate surface area is 143 Å². The lowest BCUT2D eigenvalue weighted by molar-refractivity contribution is 0.0963. The van der Waals surface area contributed by atoms with Crippen molar-refractivity contribution in [3.05, 3.63) is 29.5 Å². The summed E-state index contributed by atoms with van der Waals surface area (Å²) in [6.45, 7) is 3.63. The number of benzene rings is 1. The Bertz CT molecular complexity index is 677. The Morgan fingerprint density at radius 3 is 2.83 bits per heavy atom. The Morgan fingerprint density at radius 1 is 1.39 bits per heavy atom. The molecule has 1 fully saturated rings. The summed E-state index contributed by atoms with van der Waals surface area (Å²) in [4.78, 5) is 12.3. The molecule has 3 rings (SSSR count). The Balaban J connectivity index is 0.00000192. The maximum atomic E-state index is 12.3. The van der Waals surface area contributed by atoms with Gasteiger partial charge in [0.2, 0.25) is 0 Å². The van der Waals surface area contributed by atoms with E-state index in [0.717, 1.165) is 40.9 Å². The average molecular weight is 337 g/mol. The molecule has 0 spiro atoms. The van der Waals surface area contributed by atoms with Crippen LogP contribution in [-0.2, 0) is 11.3 Å². The molecule has 0 radical (unpaired) electrons. The van der Waals surface area contributed by atoms with Gasteiger partial charge in [0.25, 0.3) is 0 Å². The van der Waals surface area contributed by atoms with Gasteiger partial charge in [0, 0.05) is 43.8 Å². The number of ketones is 1. The zero-order valence-corrected chi connectivity index (χ0v) is 14.7. The van der Waals surface area contributed by atoms with Crippen LogP contribution in [0.2, 0.25) is 0 Å². The number of aryl methyl sites for hydroxylation is 1. The zero-order valence-electron chi connectivity index (χ0n) is 13.9. The second-order valence-corrected chi connectivity index (χ2v) is 6.39. The third kappa shape index (κ3) is 4.12. The van der Waals surface area contributed by atoms with E-state index in [1.54, 1.807) is 7.11 Å². The number of fused-ring (bicyclic) bond motifs is 1. The fourth-order valence-corrected chi connectivity index (χ4v) is 3.07. The van der Waals surface area contributed by atoms with Gasteiger partial charge >= 0.3 is 0 Å². The van der Waals surface area contributed by atoms with Gasteiger partial charge in [0.15, 0.2) is 5.78 Å². The second-order valence-electron chi connectivity index (χ2n) is 6.39. The number of carbonyl (C=O) groups excluding carboxylic acids is 1. The molecule has 0 atom stereocenters. The van der Waals surface area contributed by atoms with Crippen molar-refractivity contribution in [1.29, 1.82) is 0 Å². The normalized spacial score (nSPS) is 14.5. The van der Waals surface area contributed by atoms with Gasteiger partial charge in [-0.25, -0.2) is 0 Å². The molecule has 2 aromatic rings. The molecule has 0 unspecified atom stereocenters. The van der Waals surface area contributed by atoms with Crippen LogP contribution >= 0.6 is 12.4 Å². The van der Waals surface area contributed by atoms with Crippen LogP contribution in [0, 0.1) is 12.8 Å². The summed E-state index contributed by atoms with van der Waals surface area (Å²) in [7, 11) is 1.66. The number of Topliss-reactive ketones (excluding diaryl/α,β-unsaturated/α-hetero) is 1. The Hall–Kier alpha value is -1.39. The number of hydrogen-bond donors (Lipinski definition) is 0. The lowest BCUT2D eigenvalue weighted by atomic mass is 9.85. The third-order valence-electron chi connectivity index (χ3n) is 4.62. The largest absolute Gasteiger partial charge is 0.385 e. The summed E-state index contributed by atoms with van der Waals surface area (Å²) in [5.74, 6) is 0.980. The molecule has 1 aliphatic carbocycles. The van der Waals surface area contributed by atoms with Crippen molar-refractivity contribution in [3.63, 3.8) is 0 Å². The first kappa shape index (κ1) is 18.0. The maximum Gasteiger partial charge on any atom is 0.163 e. The Morgan fingerprint density at radius 2 is 2.17 bits per heavy atom. The van der Waals surface area contributed by atoms with E-state index >= 15 is 0 Å². The minimum Gasteiger partial charge on any atom is -0.385 e. The monoisotopic (exact) mass is 336 g/mol. The molecule has 1 aromatic carbocycles. The highest BCUT2D eigenvalue weighted by atomic mass is 35.5. The summed E-state index contributed by atoms with van der Waals surface area (Å²) < 4.78 is 7.07. The quantitative estimate of drug-likeness (QED) is 0.563. The van der Waals surface area contributed by atoms with Gasteiger partial charge in [-0.3, -0.25) is 9.48 Å². The van der Waals surface area contributed by atoms with E-state index in [1.807, 2.05) is 23.7 Å². The SMILES string of the molecule is COCCCC(=O)c1cc2cn(CC3CCC3)nc2cc1C.Cl. The highest BCUT2D eigenvalue weighted by molar-refractivity contribution is 6.00. The van der Waals surface area contributed by atoms with Crippen LogP contribution < -0.4 is 0 Å². The van der Waals surface area contributed by atoms with E-state index in [2.05, 4.69) is 11.3 Å². The molecule has 1 heterocycles. The summed E-state index contributed by atoms with van der Waals surface area (Å²) in [5, 5.41) is 5.73. The number of methoxy groups -OCH3 is 1. The Kier molecular flexibility index (Phi) is 6.19. The molecule has 1 aliphatic rings. The lowest BCUT2D eigenvalue weighted by Crippen LogP contribution is -2.18. The molecule has 0 amide bonds. The molecular formula is C18H25ClN2O2. The standard InChI is InChI=1S/C18H24N2O2.ClH/c1-13-9-17-15(10-16(13)18(21)7-4-8-22-2)12-20(19-17)11-14-5-3-6-14;/h9-10,12,14H,3-8,11H2,1-2H3;1H. The van der Waals surface area contributed by atoms with E-state index in [4.69, 9.17) is 4.74 Å². The molecule has 0 bridgehead atoms. The lowest BCUT2D eigenvalue weighted by Gasteiger charge is -2.24. The van der Waals surface area contributed by atoms with Gasteiger partial charge in [-0.1, -0.05) is 6.42 Å². The highest BCUT2D eigenvalue weighted by Crippen LogP contribution is 2.28. The van der Waals surface area contributed by atoms with Crippen LogP contribution in [-0.4, -0.2) is 29.3 Å². The van der Waals surface area contributed by atoms with Crippen molar-refractivity contribution in [3.8, 4) is 0 Å². The molecule has 1 saturated carbocycles. The smallest absolute Gasteiger partial charge is 0.163 e. The van der Waals surface area contributed by atoms with Crippen molar-refractivity contribution in [2.45, 2.75) is 45.6 Å². The van der Waals surface area contributed by atoms with Crippen LogP contribution in [0.4, 0.5) is 0 Å². The average Bonchev–Trinajstić information content (AvgIpc) is 2.83. The van der Waals surface area contributed by atoms with E-state index in [1.165, 1.54) is 19.3 Å². The van der Waals surface area contributed by atoms with Gasteiger partial charge in [0.05, 0.1) is 5.52 Å². The van der Waals surface area contributed by atoms with Gasteiger partial charge in [-0.15, -0.1) is 12.4 Å². The first-order valence-electron chi connectivity index (χ1n) is 8.17. The van der Waals surface area contributed by atoms with Gasteiger partial charge < -0.3 is 4.74 Å². The number of nitrogens with zero attached hydrogens (tertiary/aromatic N) is 2. The van der Waals surface area contributed by atoms with Crippen LogP contribution in [0.3, 0.4) is 0 Å². The van der Waals surface area contributed by atoms with Gasteiger partial charge in [-0.2, -0.15) is 5.10 Å². The van der Waals surface area contributed by atoms with E-state index in [9.17, 15) is 4.79 Å². The maximum absolute atomic E-state index is 12.3. The molecular weight excluding hydrogens is 312 g/mol. The molecule has 0 N–H and O–H groups in total. The summed E-state index contributed by atoms with van der Waals surface area (Å²) in [5.41, 5.74) is 2.83. The van der Waals surface area contributed by atoms with Crippen molar-refractivity contribution < 1.29 is 9.53 Å². The minimum atomic E-state index is 0. The second kappa shape index (κ2) is 7.93. The van der Waals surface area contributed by atoms with Crippen LogP contribution in [0.15, 0.2) is 18.3 Å². The number of ether oxygens (including phenoxy) is 1. The first-order chi connectivity index (χ1) is 10.7. The molecule has 126 valence electrons. The molecule has 1 aromatic heterocycles. The van der Waals surface area contributed by atoms with Crippen molar-refractivity contribution >= 4 is 29.1 Å². The minimum absolute atomic E-state index is 0. The van der Waals surface area contributed by atoms with E-state index in [-0.39, 0.29) is 18.2 Å². The van der Waals surface area contributed by atoms with E-state index < -0.39 is 0 Å². The number of carbonyl (C=O) groups is 1. The first-order valence-corrected chi connectivity index (χ1v) is 8.17. The van der Waals surface area contributed by atoms with Crippen LogP contribution in [0.5, 0.6) is 0 Å². The zero-order chi connectivity index (χ0) is 15.5. The highest BCUT2D eigenvalue weighted by Gasteiger charge is 2.19. The van der Waals surface area contributed by atoms with Crippen LogP contribution in [0.25, 0.3) is 10.9 Å². The van der Waals surface area contributed by atoms with Crippen LogP contribution in [0.1, 0.15) is 48.0 Å². The van der Waals surface area contributed by atoms with Gasteiger partial charge in [0.1, 0.15) is 0 Å². The molecule has 5 heteroatoms. The summed E-state index contributed by atoms with van der Waals surface area (Å²) in [6, 6.07) is 4.04. The number of aromatic nitrogens is 2. The fourth-order valence-electron chi connectivity index (χ4n) is 3.07. The molecule has 0 saturated heterocycles. The van der Waals surface area contributed by atoms with Crippen molar-refractivity contribution in [2.24, 2.45) is 5.92 Å². The number of hydrogen-bond acceptors (Lipinski definition) is 3. The summed E-state index contributed by atoms with van der Waals surface area (Å²) >= 11 is 0. The summed E-state index contributed by atoms with van der Waals surface area (Å²) in [6.07, 6.45) is 7.38. The van der Waals surface area contributed by atoms with Gasteiger partial charge in [-0.05, 0) is 49.8 Å². The fraction of sp³-hybridized carbons (Fsp3) is 0.556. The molecule has 23 heavy (non-hydrogen) atoms. The third-order valence-corrected chi connectivity index (χ3v) is 4.62.